The summed E-state index contributed by atoms with van der Waals surface area (Å²) in [5.41, 5.74) is 1.74. The van der Waals surface area contributed by atoms with E-state index in [0.717, 1.165) is 48.9 Å². The second-order valence-corrected chi connectivity index (χ2v) is 6.61. The molecule has 8 heteroatoms. The van der Waals surface area contributed by atoms with E-state index in [2.05, 4.69) is 25.2 Å². The highest BCUT2D eigenvalue weighted by atomic mass is 16.1. The predicted molar refractivity (Wildman–Crippen MR) is 92.2 cm³/mol. The van der Waals surface area contributed by atoms with Gasteiger partial charge in [0.15, 0.2) is 11.5 Å². The van der Waals surface area contributed by atoms with E-state index in [1.807, 2.05) is 23.6 Å². The smallest absolute Gasteiger partial charge is 0.253 e. The first-order valence-corrected chi connectivity index (χ1v) is 8.54. The summed E-state index contributed by atoms with van der Waals surface area (Å²) >= 11 is 0. The molecule has 1 fully saturated rings. The van der Waals surface area contributed by atoms with Crippen LogP contribution in [0.2, 0.25) is 0 Å². The van der Waals surface area contributed by atoms with Crippen molar-refractivity contribution in [2.45, 2.75) is 32.2 Å². The van der Waals surface area contributed by atoms with Crippen molar-refractivity contribution in [2.75, 3.05) is 13.1 Å². The number of rotatable bonds is 3. The van der Waals surface area contributed by atoms with Crippen molar-refractivity contribution >= 4 is 5.65 Å². The number of hydrogen-bond acceptors (Lipinski definition) is 6. The summed E-state index contributed by atoms with van der Waals surface area (Å²) in [7, 11) is 1.77. The lowest BCUT2D eigenvalue weighted by Crippen LogP contribution is -2.35. The van der Waals surface area contributed by atoms with Gasteiger partial charge >= 0.3 is 0 Å². The van der Waals surface area contributed by atoms with Crippen LogP contribution in [0.4, 0.5) is 0 Å². The van der Waals surface area contributed by atoms with Crippen LogP contribution in [0.25, 0.3) is 5.65 Å². The molecule has 4 rings (SSSR count). The van der Waals surface area contributed by atoms with Crippen LogP contribution in [0.5, 0.6) is 0 Å². The van der Waals surface area contributed by atoms with Crippen molar-refractivity contribution in [3.05, 3.63) is 52.1 Å². The topological polar surface area (TPSA) is 81.2 Å². The zero-order valence-electron chi connectivity index (χ0n) is 14.5. The van der Waals surface area contributed by atoms with Crippen LogP contribution in [0, 0.1) is 6.92 Å². The number of piperidine rings is 1. The molecule has 1 aliphatic heterocycles. The maximum absolute atomic E-state index is 11.7. The van der Waals surface area contributed by atoms with Crippen LogP contribution in [-0.2, 0) is 13.6 Å². The Morgan fingerprint density at radius 2 is 1.96 bits per heavy atom. The van der Waals surface area contributed by atoms with Gasteiger partial charge < -0.3 is 0 Å². The van der Waals surface area contributed by atoms with Crippen LogP contribution in [-0.4, -0.2) is 47.4 Å². The molecule has 8 nitrogen and oxygen atoms in total. The van der Waals surface area contributed by atoms with E-state index < -0.39 is 0 Å². The Kier molecular flexibility index (Phi) is 4.04. The Balaban J connectivity index is 1.47. The molecule has 0 amide bonds. The van der Waals surface area contributed by atoms with Crippen molar-refractivity contribution in [3.63, 3.8) is 0 Å². The number of hydrogen-bond donors (Lipinski definition) is 0. The molecule has 0 aliphatic carbocycles. The lowest BCUT2D eigenvalue weighted by Gasteiger charge is -2.30. The van der Waals surface area contributed by atoms with Crippen molar-refractivity contribution in [3.8, 4) is 0 Å². The van der Waals surface area contributed by atoms with Gasteiger partial charge in [-0.05, 0) is 45.0 Å². The zero-order chi connectivity index (χ0) is 17.4. The first-order valence-electron chi connectivity index (χ1n) is 8.54. The van der Waals surface area contributed by atoms with Crippen molar-refractivity contribution < 1.29 is 0 Å². The monoisotopic (exact) mass is 339 g/mol. The SMILES string of the molecule is Cc1ccc2nnc(C3CCN(Cc4nccc(=O)n4C)CC3)n2n1. The standard InChI is InChI=1S/C17H21N7O/c1-12-3-4-14-19-20-17(24(14)21-12)13-6-9-23(10-7-13)11-15-18-8-5-16(25)22(15)2/h3-5,8,13H,6-7,9-11H2,1-2H3. The second kappa shape index (κ2) is 6.36. The molecule has 0 atom stereocenters. The first kappa shape index (κ1) is 15.9. The fourth-order valence-electron chi connectivity index (χ4n) is 3.36. The van der Waals surface area contributed by atoms with Gasteiger partial charge in [0.05, 0.1) is 12.2 Å². The van der Waals surface area contributed by atoms with E-state index in [1.165, 1.54) is 6.07 Å². The number of fused-ring (bicyclic) bond motifs is 1. The summed E-state index contributed by atoms with van der Waals surface area (Å²) in [5, 5.41) is 13.1. The van der Waals surface area contributed by atoms with Crippen LogP contribution in [0.3, 0.4) is 0 Å². The molecule has 3 aromatic heterocycles. The molecule has 0 radical (unpaired) electrons. The summed E-state index contributed by atoms with van der Waals surface area (Å²) in [4.78, 5) is 18.4. The van der Waals surface area contributed by atoms with Crippen LogP contribution in [0.1, 0.15) is 36.1 Å². The van der Waals surface area contributed by atoms with Gasteiger partial charge in [0, 0.05) is 25.2 Å². The van der Waals surface area contributed by atoms with Gasteiger partial charge in [-0.1, -0.05) is 0 Å². The molecule has 0 spiro atoms. The minimum atomic E-state index is -0.0174. The Morgan fingerprint density at radius 1 is 1.16 bits per heavy atom. The Hall–Kier alpha value is -2.61. The van der Waals surface area contributed by atoms with E-state index in [1.54, 1.807) is 17.8 Å². The molecular formula is C17H21N7O. The fourth-order valence-corrected chi connectivity index (χ4v) is 3.36. The molecule has 4 heterocycles. The molecule has 0 bridgehead atoms. The Labute approximate surface area is 145 Å². The molecule has 3 aromatic rings. The van der Waals surface area contributed by atoms with Gasteiger partial charge in [0.1, 0.15) is 5.82 Å². The third-order valence-corrected chi connectivity index (χ3v) is 4.90. The number of aromatic nitrogens is 6. The van der Waals surface area contributed by atoms with E-state index in [9.17, 15) is 4.79 Å². The quantitative estimate of drug-likeness (QED) is 0.705. The minimum Gasteiger partial charge on any atom is -0.299 e. The third kappa shape index (κ3) is 3.05. The predicted octanol–water partition coefficient (Wildman–Crippen LogP) is 0.906. The molecule has 130 valence electrons. The maximum atomic E-state index is 11.7. The van der Waals surface area contributed by atoms with Crippen LogP contribution in [0.15, 0.2) is 29.2 Å². The van der Waals surface area contributed by atoms with Crippen molar-refractivity contribution in [1.82, 2.24) is 34.3 Å². The molecule has 0 saturated carbocycles. The first-order chi connectivity index (χ1) is 12.1. The molecule has 1 aliphatic rings. The third-order valence-electron chi connectivity index (χ3n) is 4.90. The molecule has 25 heavy (non-hydrogen) atoms. The molecule has 1 saturated heterocycles. The highest BCUT2D eigenvalue weighted by molar-refractivity contribution is 5.36. The van der Waals surface area contributed by atoms with Gasteiger partial charge in [0.2, 0.25) is 0 Å². The summed E-state index contributed by atoms with van der Waals surface area (Å²) in [6.07, 6.45) is 3.58. The summed E-state index contributed by atoms with van der Waals surface area (Å²) in [5.74, 6) is 2.10. The van der Waals surface area contributed by atoms with E-state index in [0.29, 0.717) is 12.5 Å². The Bertz CT molecular complexity index is 953. The van der Waals surface area contributed by atoms with Crippen molar-refractivity contribution in [1.29, 1.82) is 0 Å². The summed E-state index contributed by atoms with van der Waals surface area (Å²) < 4.78 is 3.49. The van der Waals surface area contributed by atoms with Gasteiger partial charge in [-0.15, -0.1) is 10.2 Å². The van der Waals surface area contributed by atoms with E-state index in [4.69, 9.17) is 0 Å². The van der Waals surface area contributed by atoms with Gasteiger partial charge in [-0.2, -0.15) is 9.61 Å². The molecule has 0 aromatic carbocycles. The van der Waals surface area contributed by atoms with Crippen molar-refractivity contribution in [2.24, 2.45) is 7.05 Å². The summed E-state index contributed by atoms with van der Waals surface area (Å²) in [6.45, 7) is 4.55. The van der Waals surface area contributed by atoms with Crippen LogP contribution < -0.4 is 5.56 Å². The van der Waals surface area contributed by atoms with Gasteiger partial charge in [-0.3, -0.25) is 14.3 Å². The lowest BCUT2D eigenvalue weighted by atomic mass is 9.96. The highest BCUT2D eigenvalue weighted by Crippen LogP contribution is 2.27. The minimum absolute atomic E-state index is 0.0174. The van der Waals surface area contributed by atoms with Gasteiger partial charge in [0.25, 0.3) is 5.56 Å². The zero-order valence-corrected chi connectivity index (χ0v) is 14.5. The van der Waals surface area contributed by atoms with Gasteiger partial charge in [-0.25, -0.2) is 4.98 Å². The average molecular weight is 339 g/mol. The summed E-state index contributed by atoms with van der Waals surface area (Å²) in [6, 6.07) is 5.39. The van der Waals surface area contributed by atoms with E-state index in [-0.39, 0.29) is 5.56 Å². The highest BCUT2D eigenvalue weighted by Gasteiger charge is 2.25. The molecular weight excluding hydrogens is 318 g/mol. The number of likely N-dealkylation sites (tertiary alicyclic amines) is 1. The fraction of sp³-hybridized carbons (Fsp3) is 0.471. The largest absolute Gasteiger partial charge is 0.299 e. The number of aryl methyl sites for hydroxylation is 1. The average Bonchev–Trinajstić information content (AvgIpc) is 3.03. The normalized spacial score (nSPS) is 16.6. The molecule has 0 N–H and O–H groups in total. The Morgan fingerprint density at radius 3 is 2.76 bits per heavy atom. The second-order valence-electron chi connectivity index (χ2n) is 6.61. The number of nitrogens with zero attached hydrogens (tertiary/aromatic N) is 7. The van der Waals surface area contributed by atoms with Crippen LogP contribution >= 0.6 is 0 Å². The van der Waals surface area contributed by atoms with E-state index >= 15 is 0 Å². The molecule has 0 unspecified atom stereocenters. The lowest BCUT2D eigenvalue weighted by molar-refractivity contribution is 0.194. The maximum Gasteiger partial charge on any atom is 0.253 e.